The molecule has 1 heterocycles. The van der Waals surface area contributed by atoms with E-state index in [-0.39, 0.29) is 5.41 Å². The van der Waals surface area contributed by atoms with Crippen molar-refractivity contribution in [2.75, 3.05) is 6.54 Å². The number of thiophene rings is 1. The van der Waals surface area contributed by atoms with Crippen molar-refractivity contribution in [3.05, 3.63) is 21.9 Å². The Hall–Kier alpha value is -0.380. The first-order valence-corrected chi connectivity index (χ1v) is 5.23. The fourth-order valence-corrected chi connectivity index (χ4v) is 2.17. The molecule has 0 spiro atoms. The van der Waals surface area contributed by atoms with Gasteiger partial charge in [-0.15, -0.1) is 11.3 Å². The lowest BCUT2D eigenvalue weighted by molar-refractivity contribution is 0.0586. The summed E-state index contributed by atoms with van der Waals surface area (Å²) in [5.74, 6) is 0. The Balaban J connectivity index is 2.84. The van der Waals surface area contributed by atoms with Crippen LogP contribution >= 0.6 is 11.3 Å². The molecular formula is C10H17NOS. The fraction of sp³-hybridized carbons (Fsp3) is 0.600. The molecule has 1 unspecified atom stereocenters. The van der Waals surface area contributed by atoms with E-state index < -0.39 is 6.10 Å². The lowest BCUT2D eigenvalue weighted by Gasteiger charge is -2.27. The van der Waals surface area contributed by atoms with E-state index in [9.17, 15) is 5.11 Å². The molecule has 0 aliphatic carbocycles. The quantitative estimate of drug-likeness (QED) is 0.783. The molecule has 0 saturated carbocycles. The molecule has 1 aromatic heterocycles. The fourth-order valence-electron chi connectivity index (χ4n) is 1.10. The minimum absolute atomic E-state index is 0.239. The average Bonchev–Trinajstić information content (AvgIpc) is 2.50. The molecule has 3 N–H and O–H groups in total. The second-order valence-electron chi connectivity index (χ2n) is 4.04. The van der Waals surface area contributed by atoms with Gasteiger partial charge in [0.15, 0.2) is 0 Å². The van der Waals surface area contributed by atoms with E-state index in [1.807, 2.05) is 32.9 Å². The Morgan fingerprint density at radius 3 is 2.54 bits per heavy atom. The molecular weight excluding hydrogens is 182 g/mol. The minimum atomic E-state index is -0.448. The van der Waals surface area contributed by atoms with Crippen LogP contribution < -0.4 is 5.73 Å². The molecule has 1 rings (SSSR count). The maximum Gasteiger partial charge on any atom is 0.0944 e. The standard InChI is InChI=1S/C10H17NOS/c1-7-4-5-8(13-7)9(12)10(2,3)6-11/h4-5,9,12H,6,11H2,1-3H3. The van der Waals surface area contributed by atoms with Crippen LogP contribution in [0.1, 0.15) is 29.7 Å². The normalized spacial score (nSPS) is 14.5. The van der Waals surface area contributed by atoms with Crippen LogP contribution in [0.15, 0.2) is 12.1 Å². The summed E-state index contributed by atoms with van der Waals surface area (Å²) in [5, 5.41) is 9.99. The molecule has 0 aliphatic heterocycles. The van der Waals surface area contributed by atoms with E-state index in [0.29, 0.717) is 6.54 Å². The predicted octanol–water partition coefficient (Wildman–Crippen LogP) is 2.07. The van der Waals surface area contributed by atoms with E-state index in [1.54, 1.807) is 11.3 Å². The van der Waals surface area contributed by atoms with Gasteiger partial charge in [-0.25, -0.2) is 0 Å². The first kappa shape index (κ1) is 10.7. The first-order valence-electron chi connectivity index (χ1n) is 4.42. The van der Waals surface area contributed by atoms with Crippen molar-refractivity contribution in [1.29, 1.82) is 0 Å². The van der Waals surface area contributed by atoms with Crippen molar-refractivity contribution < 1.29 is 5.11 Å². The van der Waals surface area contributed by atoms with Crippen LogP contribution in [0.2, 0.25) is 0 Å². The third-order valence-electron chi connectivity index (χ3n) is 2.30. The van der Waals surface area contributed by atoms with Crippen molar-refractivity contribution >= 4 is 11.3 Å². The van der Waals surface area contributed by atoms with Gasteiger partial charge in [0.2, 0.25) is 0 Å². The van der Waals surface area contributed by atoms with Gasteiger partial charge in [-0.1, -0.05) is 13.8 Å². The molecule has 0 saturated heterocycles. The Morgan fingerprint density at radius 2 is 2.15 bits per heavy atom. The van der Waals surface area contributed by atoms with Crippen LogP contribution in [-0.2, 0) is 0 Å². The summed E-state index contributed by atoms with van der Waals surface area (Å²) in [4.78, 5) is 2.23. The predicted molar refractivity (Wildman–Crippen MR) is 56.9 cm³/mol. The van der Waals surface area contributed by atoms with Gasteiger partial charge in [0.05, 0.1) is 6.10 Å². The molecule has 0 aliphatic rings. The summed E-state index contributed by atoms with van der Waals surface area (Å²) in [6.07, 6.45) is -0.448. The highest BCUT2D eigenvalue weighted by Gasteiger charge is 2.28. The van der Waals surface area contributed by atoms with Gasteiger partial charge in [0.1, 0.15) is 0 Å². The Kier molecular flexibility index (Phi) is 3.11. The minimum Gasteiger partial charge on any atom is -0.387 e. The van der Waals surface area contributed by atoms with Gasteiger partial charge < -0.3 is 10.8 Å². The third kappa shape index (κ3) is 2.30. The third-order valence-corrected chi connectivity index (χ3v) is 3.35. The van der Waals surface area contributed by atoms with Crippen molar-refractivity contribution in [3.63, 3.8) is 0 Å². The van der Waals surface area contributed by atoms with Crippen molar-refractivity contribution in [2.24, 2.45) is 11.1 Å². The van der Waals surface area contributed by atoms with E-state index in [2.05, 4.69) is 0 Å². The molecule has 0 radical (unpaired) electrons. The summed E-state index contributed by atoms with van der Waals surface area (Å²) in [7, 11) is 0. The molecule has 0 fully saturated rings. The van der Waals surface area contributed by atoms with Gasteiger partial charge in [-0.2, -0.15) is 0 Å². The van der Waals surface area contributed by atoms with Crippen LogP contribution in [-0.4, -0.2) is 11.7 Å². The second kappa shape index (κ2) is 3.78. The lowest BCUT2D eigenvalue weighted by Crippen LogP contribution is -2.30. The number of aliphatic hydroxyl groups is 1. The molecule has 1 atom stereocenters. The van der Waals surface area contributed by atoms with E-state index >= 15 is 0 Å². The van der Waals surface area contributed by atoms with Crippen LogP contribution in [0, 0.1) is 12.3 Å². The summed E-state index contributed by atoms with van der Waals surface area (Å²) < 4.78 is 0. The number of hydrogen-bond donors (Lipinski definition) is 2. The second-order valence-corrected chi connectivity index (χ2v) is 5.36. The number of rotatable bonds is 3. The monoisotopic (exact) mass is 199 g/mol. The summed E-state index contributed by atoms with van der Waals surface area (Å²) in [5.41, 5.74) is 5.36. The Bertz CT molecular complexity index is 280. The van der Waals surface area contributed by atoms with Gasteiger partial charge in [-0.05, 0) is 19.1 Å². The maximum absolute atomic E-state index is 9.99. The van der Waals surface area contributed by atoms with E-state index in [4.69, 9.17) is 5.73 Å². The van der Waals surface area contributed by atoms with Crippen LogP contribution in [0.3, 0.4) is 0 Å². The zero-order valence-electron chi connectivity index (χ0n) is 8.37. The van der Waals surface area contributed by atoms with E-state index in [1.165, 1.54) is 4.88 Å². The topological polar surface area (TPSA) is 46.2 Å². The molecule has 3 heteroatoms. The largest absolute Gasteiger partial charge is 0.387 e. The summed E-state index contributed by atoms with van der Waals surface area (Å²) in [6, 6.07) is 4.00. The van der Waals surface area contributed by atoms with Crippen molar-refractivity contribution in [2.45, 2.75) is 26.9 Å². The molecule has 74 valence electrons. The number of nitrogens with two attached hydrogens (primary N) is 1. The SMILES string of the molecule is Cc1ccc(C(O)C(C)(C)CN)s1. The lowest BCUT2D eigenvalue weighted by atomic mass is 9.86. The van der Waals surface area contributed by atoms with Crippen LogP contribution in [0.5, 0.6) is 0 Å². The Morgan fingerprint density at radius 1 is 1.54 bits per heavy atom. The summed E-state index contributed by atoms with van der Waals surface area (Å²) in [6.45, 7) is 6.49. The highest BCUT2D eigenvalue weighted by atomic mass is 32.1. The Labute approximate surface area is 83.4 Å². The van der Waals surface area contributed by atoms with Gasteiger partial charge in [0, 0.05) is 21.7 Å². The molecule has 1 aromatic rings. The van der Waals surface area contributed by atoms with Crippen LogP contribution in [0.25, 0.3) is 0 Å². The van der Waals surface area contributed by atoms with E-state index in [0.717, 1.165) is 4.88 Å². The zero-order chi connectivity index (χ0) is 10.1. The molecule has 0 bridgehead atoms. The smallest absolute Gasteiger partial charge is 0.0944 e. The van der Waals surface area contributed by atoms with Gasteiger partial charge in [0.25, 0.3) is 0 Å². The number of aryl methyl sites for hydroxylation is 1. The molecule has 13 heavy (non-hydrogen) atoms. The molecule has 2 nitrogen and oxygen atoms in total. The molecule has 0 aromatic carbocycles. The van der Waals surface area contributed by atoms with Gasteiger partial charge in [-0.3, -0.25) is 0 Å². The highest BCUT2D eigenvalue weighted by Crippen LogP contribution is 2.35. The number of aliphatic hydroxyl groups excluding tert-OH is 1. The van der Waals surface area contributed by atoms with Crippen molar-refractivity contribution in [1.82, 2.24) is 0 Å². The maximum atomic E-state index is 9.99. The zero-order valence-corrected chi connectivity index (χ0v) is 9.19. The highest BCUT2D eigenvalue weighted by molar-refractivity contribution is 7.12. The molecule has 0 amide bonds. The summed E-state index contributed by atoms with van der Waals surface area (Å²) >= 11 is 1.63. The van der Waals surface area contributed by atoms with Crippen molar-refractivity contribution in [3.8, 4) is 0 Å². The average molecular weight is 199 g/mol. The number of hydrogen-bond acceptors (Lipinski definition) is 3. The van der Waals surface area contributed by atoms with Gasteiger partial charge >= 0.3 is 0 Å². The first-order chi connectivity index (χ1) is 5.97. The van der Waals surface area contributed by atoms with Crippen LogP contribution in [0.4, 0.5) is 0 Å².